The van der Waals surface area contributed by atoms with E-state index in [2.05, 4.69) is 34.3 Å². The van der Waals surface area contributed by atoms with Crippen LogP contribution in [0.2, 0.25) is 5.02 Å². The monoisotopic (exact) mass is 374 g/mol. The fraction of sp³-hybridized carbons (Fsp3) is 0.333. The third-order valence-electron chi connectivity index (χ3n) is 3.18. The van der Waals surface area contributed by atoms with Gasteiger partial charge in [-0.25, -0.2) is 0 Å². The molecule has 2 aromatic rings. The first-order valence-electron chi connectivity index (χ1n) is 6.24. The highest BCUT2D eigenvalue weighted by atomic mass is 79.9. The Balaban J connectivity index is 2.49. The Hall–Kier alpha value is -0.710. The Morgan fingerprint density at radius 1 is 1.25 bits per heavy atom. The van der Waals surface area contributed by atoms with Crippen LogP contribution in [0, 0.1) is 0 Å². The van der Waals surface area contributed by atoms with Crippen molar-refractivity contribution in [2.45, 2.75) is 18.2 Å². The maximum atomic E-state index is 6.33. The van der Waals surface area contributed by atoms with Gasteiger partial charge in [0.1, 0.15) is 16.5 Å². The average Bonchev–Trinajstić information content (AvgIpc) is 2.94. The number of hydrogen-bond acceptors (Lipinski definition) is 3. The largest absolute Gasteiger partial charge is 0.495 e. The summed E-state index contributed by atoms with van der Waals surface area (Å²) < 4.78 is 10.7. The molecule has 2 rings (SSSR count). The Morgan fingerprint density at radius 3 is 2.60 bits per heavy atom. The second-order valence-electron chi connectivity index (χ2n) is 4.23. The zero-order chi connectivity index (χ0) is 14.7. The minimum atomic E-state index is 0.0656. The number of aryl methyl sites for hydroxylation is 1. The molecule has 5 heteroatoms. The number of rotatable bonds is 5. The van der Waals surface area contributed by atoms with Gasteiger partial charge in [-0.2, -0.15) is 0 Å². The molecule has 0 aliphatic rings. The number of methoxy groups -OCH3 is 2. The van der Waals surface area contributed by atoms with E-state index in [0.29, 0.717) is 16.5 Å². The van der Waals surface area contributed by atoms with E-state index >= 15 is 0 Å². The summed E-state index contributed by atoms with van der Waals surface area (Å²) in [4.78, 5) is 1.35. The van der Waals surface area contributed by atoms with Crippen LogP contribution in [0.25, 0.3) is 0 Å². The third kappa shape index (κ3) is 2.83. The molecule has 0 bridgehead atoms. The summed E-state index contributed by atoms with van der Waals surface area (Å²) in [6, 6.07) is 6.02. The van der Waals surface area contributed by atoms with Gasteiger partial charge in [-0.3, -0.25) is 0 Å². The predicted molar refractivity (Wildman–Crippen MR) is 89.0 cm³/mol. The van der Waals surface area contributed by atoms with Crippen molar-refractivity contribution in [3.8, 4) is 11.5 Å². The predicted octanol–water partition coefficient (Wildman–Crippen LogP) is 5.47. The number of alkyl halides is 1. The van der Waals surface area contributed by atoms with Crippen LogP contribution < -0.4 is 9.47 Å². The molecule has 2 nitrogen and oxygen atoms in total. The molecular weight excluding hydrogens is 360 g/mol. The van der Waals surface area contributed by atoms with Crippen LogP contribution in [0.1, 0.15) is 27.8 Å². The molecule has 0 spiro atoms. The first-order chi connectivity index (χ1) is 9.63. The molecule has 108 valence electrons. The van der Waals surface area contributed by atoms with Crippen molar-refractivity contribution < 1.29 is 9.47 Å². The number of hydrogen-bond donors (Lipinski definition) is 0. The van der Waals surface area contributed by atoms with Crippen molar-refractivity contribution in [2.24, 2.45) is 0 Å². The molecule has 0 N–H and O–H groups in total. The van der Waals surface area contributed by atoms with Gasteiger partial charge in [0.15, 0.2) is 0 Å². The van der Waals surface area contributed by atoms with Crippen LogP contribution in [-0.2, 0) is 6.42 Å². The Bertz CT molecular complexity index is 598. The summed E-state index contributed by atoms with van der Waals surface area (Å²) in [5, 5.41) is 2.62. The molecule has 1 heterocycles. The molecule has 1 atom stereocenters. The van der Waals surface area contributed by atoms with Gasteiger partial charge in [0.25, 0.3) is 0 Å². The highest BCUT2D eigenvalue weighted by molar-refractivity contribution is 9.09. The molecule has 20 heavy (non-hydrogen) atoms. The molecule has 0 fully saturated rings. The van der Waals surface area contributed by atoms with Crippen molar-refractivity contribution >= 4 is 38.9 Å². The van der Waals surface area contributed by atoms with Crippen molar-refractivity contribution in [1.82, 2.24) is 0 Å². The van der Waals surface area contributed by atoms with Crippen LogP contribution in [0.15, 0.2) is 23.6 Å². The van der Waals surface area contributed by atoms with Crippen LogP contribution in [-0.4, -0.2) is 14.2 Å². The Kier molecular flexibility index (Phi) is 5.35. The summed E-state index contributed by atoms with van der Waals surface area (Å²) in [6.07, 6.45) is 1.01. The number of thiophene rings is 1. The lowest BCUT2D eigenvalue weighted by Crippen LogP contribution is -1.99. The molecule has 0 radical (unpaired) electrons. The molecule has 1 aromatic carbocycles. The van der Waals surface area contributed by atoms with E-state index in [0.717, 1.165) is 12.0 Å². The van der Waals surface area contributed by atoms with E-state index in [1.54, 1.807) is 25.6 Å². The molecule has 0 saturated carbocycles. The second-order valence-corrected chi connectivity index (χ2v) is 6.47. The molecule has 0 aliphatic carbocycles. The molecule has 0 amide bonds. The molecular formula is C15H16BrClO2S. The zero-order valence-corrected chi connectivity index (χ0v) is 14.7. The van der Waals surface area contributed by atoms with Crippen molar-refractivity contribution in [3.05, 3.63) is 44.6 Å². The van der Waals surface area contributed by atoms with E-state index in [9.17, 15) is 0 Å². The lowest BCUT2D eigenvalue weighted by atomic mass is 10.1. The lowest BCUT2D eigenvalue weighted by Gasteiger charge is -2.17. The van der Waals surface area contributed by atoms with Crippen molar-refractivity contribution in [1.29, 1.82) is 0 Å². The van der Waals surface area contributed by atoms with E-state index in [-0.39, 0.29) is 4.83 Å². The fourth-order valence-corrected chi connectivity index (χ4v) is 4.41. The van der Waals surface area contributed by atoms with E-state index in [1.165, 1.54) is 10.4 Å². The van der Waals surface area contributed by atoms with Crippen LogP contribution >= 0.6 is 38.9 Å². The van der Waals surface area contributed by atoms with Crippen LogP contribution in [0.3, 0.4) is 0 Å². The van der Waals surface area contributed by atoms with Gasteiger partial charge in [0.2, 0.25) is 0 Å². The van der Waals surface area contributed by atoms with Crippen molar-refractivity contribution in [2.75, 3.05) is 14.2 Å². The quantitative estimate of drug-likeness (QED) is 0.646. The van der Waals surface area contributed by atoms with Gasteiger partial charge in [-0.1, -0.05) is 40.5 Å². The lowest BCUT2D eigenvalue weighted by molar-refractivity contribution is 0.392. The highest BCUT2D eigenvalue weighted by Crippen LogP contribution is 2.45. The molecule has 0 aliphatic heterocycles. The van der Waals surface area contributed by atoms with Crippen LogP contribution in [0.5, 0.6) is 11.5 Å². The smallest absolute Gasteiger partial charge is 0.145 e. The maximum Gasteiger partial charge on any atom is 0.145 e. The summed E-state index contributed by atoms with van der Waals surface area (Å²) >= 11 is 11.8. The summed E-state index contributed by atoms with van der Waals surface area (Å²) in [5.74, 6) is 1.28. The van der Waals surface area contributed by atoms with Gasteiger partial charge < -0.3 is 9.47 Å². The average molecular weight is 376 g/mol. The Labute approximate surface area is 136 Å². The third-order valence-corrected chi connectivity index (χ3v) is 5.82. The normalized spacial score (nSPS) is 12.2. The maximum absolute atomic E-state index is 6.33. The van der Waals surface area contributed by atoms with Gasteiger partial charge in [0, 0.05) is 10.4 Å². The highest BCUT2D eigenvalue weighted by Gasteiger charge is 2.22. The van der Waals surface area contributed by atoms with Gasteiger partial charge >= 0.3 is 0 Å². The molecule has 1 aromatic heterocycles. The second kappa shape index (κ2) is 6.83. The Morgan fingerprint density at radius 2 is 2.00 bits per heavy atom. The van der Waals surface area contributed by atoms with Gasteiger partial charge in [-0.15, -0.1) is 11.3 Å². The van der Waals surface area contributed by atoms with Crippen molar-refractivity contribution in [3.63, 3.8) is 0 Å². The van der Waals surface area contributed by atoms with Gasteiger partial charge in [-0.05, 0) is 29.5 Å². The standard InChI is InChI=1S/C15H16BrClO2S/c1-4-9-7-8-20-15(9)12(16)10-5-6-11(18-2)13(17)14(10)19-3/h5-8,12H,4H2,1-3H3. The first-order valence-corrected chi connectivity index (χ1v) is 8.42. The van der Waals surface area contributed by atoms with E-state index in [1.807, 2.05) is 12.1 Å². The number of benzene rings is 1. The number of ether oxygens (including phenoxy) is 2. The van der Waals surface area contributed by atoms with E-state index < -0.39 is 0 Å². The first kappa shape index (κ1) is 15.7. The fourth-order valence-electron chi connectivity index (χ4n) is 2.12. The minimum absolute atomic E-state index is 0.0656. The summed E-state index contributed by atoms with van der Waals surface area (Å²) in [7, 11) is 3.22. The number of halogens is 2. The molecule has 1 unspecified atom stereocenters. The zero-order valence-electron chi connectivity index (χ0n) is 11.6. The summed E-state index contributed by atoms with van der Waals surface area (Å²) in [5.41, 5.74) is 2.35. The topological polar surface area (TPSA) is 18.5 Å². The van der Waals surface area contributed by atoms with E-state index in [4.69, 9.17) is 21.1 Å². The van der Waals surface area contributed by atoms with Crippen LogP contribution in [0.4, 0.5) is 0 Å². The SMILES string of the molecule is CCc1ccsc1C(Br)c1ccc(OC)c(Cl)c1OC. The molecule has 0 saturated heterocycles. The minimum Gasteiger partial charge on any atom is -0.495 e. The summed E-state index contributed by atoms with van der Waals surface area (Å²) in [6.45, 7) is 2.16. The van der Waals surface area contributed by atoms with Gasteiger partial charge in [0.05, 0.1) is 19.0 Å².